The molecule has 166 valence electrons. The van der Waals surface area contributed by atoms with Gasteiger partial charge in [0.1, 0.15) is 17.5 Å². The molecule has 1 saturated heterocycles. The van der Waals surface area contributed by atoms with Crippen molar-refractivity contribution >= 4 is 55.3 Å². The van der Waals surface area contributed by atoms with Gasteiger partial charge in [0.15, 0.2) is 0 Å². The molecule has 7 unspecified atom stereocenters. The predicted molar refractivity (Wildman–Crippen MR) is 127 cm³/mol. The van der Waals surface area contributed by atoms with Crippen molar-refractivity contribution in [2.75, 3.05) is 5.32 Å². The first-order chi connectivity index (χ1) is 15.4. The van der Waals surface area contributed by atoms with Gasteiger partial charge in [-0.05, 0) is 61.6 Å². The number of rotatable bonds is 5. The minimum absolute atomic E-state index is 0.128. The van der Waals surface area contributed by atoms with E-state index in [-0.39, 0.29) is 51.0 Å². The molecule has 1 aliphatic heterocycles. The number of anilines is 1. The predicted octanol–water partition coefficient (Wildman–Crippen LogP) is 4.58. The van der Waals surface area contributed by atoms with Crippen LogP contribution in [0.2, 0.25) is 0 Å². The summed E-state index contributed by atoms with van der Waals surface area (Å²) in [6.45, 7) is 1.61. The molecule has 0 spiro atoms. The summed E-state index contributed by atoms with van der Waals surface area (Å²) >= 11 is 7.37. The van der Waals surface area contributed by atoms with Crippen LogP contribution in [0.4, 0.5) is 5.69 Å². The Bertz CT molecular complexity index is 1030. The molecule has 7 atom stereocenters. The molecule has 1 N–H and O–H groups in total. The van der Waals surface area contributed by atoms with Crippen molar-refractivity contribution in [3.63, 3.8) is 0 Å². The van der Waals surface area contributed by atoms with Crippen LogP contribution in [0, 0.1) is 23.7 Å². The molecule has 0 radical (unpaired) electrons. The number of benzene rings is 2. The zero-order chi connectivity index (χ0) is 22.6. The minimum atomic E-state index is -0.872. The average Bonchev–Trinajstić information content (AvgIpc) is 3.40. The van der Waals surface area contributed by atoms with Gasteiger partial charge in [0.25, 0.3) is 0 Å². The van der Waals surface area contributed by atoms with Gasteiger partial charge in [-0.15, -0.1) is 0 Å². The van der Waals surface area contributed by atoms with Crippen molar-refractivity contribution < 1.29 is 19.1 Å². The number of para-hydroxylation sites is 1. The standard InChI is InChI=1S/C24H22Br2N2O4/c1-12(28-23(30)18-16-11-17(19(18)24(28)31)21(26)20(16)25)22(29)27-13-7-9-15(10-8-13)32-14-5-3-2-4-6-14/h2-10,12,16-21H,11H2,1H3,(H,27,29). The van der Waals surface area contributed by atoms with Gasteiger partial charge in [0.05, 0.1) is 11.8 Å². The Morgan fingerprint density at radius 2 is 1.47 bits per heavy atom. The first kappa shape index (κ1) is 21.6. The average molecular weight is 562 g/mol. The second-order valence-corrected chi connectivity index (χ2v) is 10.8. The lowest BCUT2D eigenvalue weighted by atomic mass is 9.81. The van der Waals surface area contributed by atoms with Crippen molar-refractivity contribution in [1.29, 1.82) is 0 Å². The monoisotopic (exact) mass is 560 g/mol. The first-order valence-corrected chi connectivity index (χ1v) is 12.5. The Labute approximate surface area is 202 Å². The van der Waals surface area contributed by atoms with E-state index in [4.69, 9.17) is 4.74 Å². The van der Waals surface area contributed by atoms with Crippen molar-refractivity contribution in [1.82, 2.24) is 4.90 Å². The normalized spacial score (nSPS) is 31.5. The third kappa shape index (κ3) is 3.48. The molecular weight excluding hydrogens is 540 g/mol. The van der Waals surface area contributed by atoms with E-state index in [1.165, 1.54) is 4.90 Å². The van der Waals surface area contributed by atoms with Gasteiger partial charge in [0, 0.05) is 15.3 Å². The molecule has 2 aromatic carbocycles. The molecule has 2 aromatic rings. The molecule has 3 amide bonds. The van der Waals surface area contributed by atoms with Crippen molar-refractivity contribution in [2.45, 2.75) is 29.0 Å². The van der Waals surface area contributed by atoms with Crippen LogP contribution in [0.3, 0.4) is 0 Å². The topological polar surface area (TPSA) is 75.7 Å². The van der Waals surface area contributed by atoms with E-state index in [1.54, 1.807) is 31.2 Å². The van der Waals surface area contributed by atoms with Crippen LogP contribution in [0.1, 0.15) is 13.3 Å². The van der Waals surface area contributed by atoms with Gasteiger partial charge in [-0.1, -0.05) is 50.1 Å². The molecule has 2 bridgehead atoms. The zero-order valence-corrected chi connectivity index (χ0v) is 20.5. The summed E-state index contributed by atoms with van der Waals surface area (Å²) in [5, 5.41) is 2.81. The highest BCUT2D eigenvalue weighted by Gasteiger charge is 2.67. The molecule has 3 aliphatic rings. The Balaban J connectivity index is 1.25. The van der Waals surface area contributed by atoms with Gasteiger partial charge in [-0.3, -0.25) is 19.3 Å². The molecule has 6 nitrogen and oxygen atoms in total. The smallest absolute Gasteiger partial charge is 0.247 e. The van der Waals surface area contributed by atoms with Crippen LogP contribution in [0.5, 0.6) is 11.5 Å². The number of ether oxygens (including phenoxy) is 1. The minimum Gasteiger partial charge on any atom is -0.457 e. The van der Waals surface area contributed by atoms with Crippen LogP contribution >= 0.6 is 31.9 Å². The Morgan fingerprint density at radius 3 is 2.03 bits per heavy atom. The van der Waals surface area contributed by atoms with Crippen LogP contribution < -0.4 is 10.1 Å². The second-order valence-electron chi connectivity index (χ2n) is 8.66. The van der Waals surface area contributed by atoms with Crippen molar-refractivity contribution in [3.05, 3.63) is 54.6 Å². The highest BCUT2D eigenvalue weighted by molar-refractivity contribution is 9.12. The fourth-order valence-corrected chi connectivity index (χ4v) is 7.22. The summed E-state index contributed by atoms with van der Waals surface area (Å²) in [6.07, 6.45) is 0.866. The van der Waals surface area contributed by atoms with Gasteiger partial charge in [-0.25, -0.2) is 0 Å². The Morgan fingerprint density at radius 1 is 0.938 bits per heavy atom. The van der Waals surface area contributed by atoms with Gasteiger partial charge < -0.3 is 10.1 Å². The van der Waals surface area contributed by atoms with E-state index in [0.717, 1.165) is 12.2 Å². The molecule has 8 heteroatoms. The highest BCUT2D eigenvalue weighted by Crippen LogP contribution is 2.60. The van der Waals surface area contributed by atoms with Crippen LogP contribution in [-0.2, 0) is 14.4 Å². The summed E-state index contributed by atoms with van der Waals surface area (Å²) in [7, 11) is 0. The Kier molecular flexibility index (Phi) is 5.61. The lowest BCUT2D eigenvalue weighted by molar-refractivity contribution is -0.146. The highest BCUT2D eigenvalue weighted by atomic mass is 79.9. The lowest BCUT2D eigenvalue weighted by Gasteiger charge is -2.28. The number of alkyl halides is 2. The Hall–Kier alpha value is -2.19. The number of nitrogens with zero attached hydrogens (tertiary/aromatic N) is 1. The van der Waals surface area contributed by atoms with Crippen molar-refractivity contribution in [3.8, 4) is 11.5 Å². The first-order valence-electron chi connectivity index (χ1n) is 10.7. The summed E-state index contributed by atoms with van der Waals surface area (Å²) < 4.78 is 5.76. The third-order valence-electron chi connectivity index (χ3n) is 6.89. The number of hydrogen-bond acceptors (Lipinski definition) is 4. The summed E-state index contributed by atoms with van der Waals surface area (Å²) in [5.74, 6) is 0.152. The maximum atomic E-state index is 13.1. The quantitative estimate of drug-likeness (QED) is 0.428. The summed E-state index contributed by atoms with van der Waals surface area (Å²) in [6, 6.07) is 15.5. The van der Waals surface area contributed by atoms with E-state index in [2.05, 4.69) is 37.2 Å². The number of carbonyl (C=O) groups is 3. The fourth-order valence-electron chi connectivity index (χ4n) is 5.35. The number of nitrogens with one attached hydrogen (secondary N) is 1. The van der Waals surface area contributed by atoms with Crippen LogP contribution in [0.15, 0.2) is 54.6 Å². The van der Waals surface area contributed by atoms with Gasteiger partial charge in [0.2, 0.25) is 17.7 Å². The fraction of sp³-hybridized carbons (Fsp3) is 0.375. The lowest BCUT2D eigenvalue weighted by Crippen LogP contribution is -2.46. The van der Waals surface area contributed by atoms with Crippen LogP contribution in [-0.4, -0.2) is 38.3 Å². The van der Waals surface area contributed by atoms with E-state index in [1.807, 2.05) is 30.3 Å². The van der Waals surface area contributed by atoms with E-state index in [0.29, 0.717) is 11.4 Å². The molecular formula is C24H22Br2N2O4. The number of halogens is 2. The molecule has 3 fully saturated rings. The zero-order valence-electron chi connectivity index (χ0n) is 17.3. The molecule has 32 heavy (non-hydrogen) atoms. The molecule has 1 heterocycles. The largest absolute Gasteiger partial charge is 0.457 e. The summed E-state index contributed by atoms with van der Waals surface area (Å²) in [4.78, 5) is 40.7. The molecule has 5 rings (SSSR count). The SMILES string of the molecule is CC(C(=O)Nc1ccc(Oc2ccccc2)cc1)N1C(=O)C2C3CC(C(Br)C3Br)C2C1=O. The number of hydrogen-bond donors (Lipinski definition) is 1. The number of likely N-dealkylation sites (tertiary alicyclic amines) is 1. The molecule has 0 aromatic heterocycles. The van der Waals surface area contributed by atoms with Gasteiger partial charge in [-0.2, -0.15) is 0 Å². The van der Waals surface area contributed by atoms with E-state index in [9.17, 15) is 14.4 Å². The number of carbonyl (C=O) groups excluding carboxylic acids is 3. The maximum Gasteiger partial charge on any atom is 0.247 e. The summed E-state index contributed by atoms with van der Waals surface area (Å²) in [5.41, 5.74) is 0.572. The van der Waals surface area contributed by atoms with E-state index < -0.39 is 6.04 Å². The van der Waals surface area contributed by atoms with E-state index >= 15 is 0 Å². The number of imide groups is 1. The number of amides is 3. The van der Waals surface area contributed by atoms with Crippen LogP contribution in [0.25, 0.3) is 0 Å². The molecule has 2 aliphatic carbocycles. The number of fused-ring (bicyclic) bond motifs is 5. The van der Waals surface area contributed by atoms with Gasteiger partial charge >= 0.3 is 0 Å². The van der Waals surface area contributed by atoms with Crippen molar-refractivity contribution in [2.24, 2.45) is 23.7 Å². The second kappa shape index (κ2) is 8.30. The maximum absolute atomic E-state index is 13.1. The third-order valence-corrected chi connectivity index (χ3v) is 10.1. The molecule has 2 saturated carbocycles.